The SMILES string of the molecule is C\C=C/C=C(\C=C/C)CNC(=S)CC. The van der Waals surface area contributed by atoms with Crippen molar-refractivity contribution >= 4 is 17.2 Å². The van der Waals surface area contributed by atoms with Crippen LogP contribution in [0.15, 0.2) is 36.0 Å². The molecular formula is C12H19NS. The predicted molar refractivity (Wildman–Crippen MR) is 68.6 cm³/mol. The molecule has 0 aliphatic heterocycles. The molecule has 1 nitrogen and oxygen atoms in total. The van der Waals surface area contributed by atoms with Crippen molar-refractivity contribution in [2.45, 2.75) is 27.2 Å². The van der Waals surface area contributed by atoms with Gasteiger partial charge in [0.25, 0.3) is 0 Å². The van der Waals surface area contributed by atoms with E-state index in [0.717, 1.165) is 18.0 Å². The quantitative estimate of drug-likeness (QED) is 0.550. The Bertz CT molecular complexity index is 249. The second-order valence-electron chi connectivity index (χ2n) is 2.90. The average molecular weight is 209 g/mol. The van der Waals surface area contributed by atoms with Crippen LogP contribution in [0, 0.1) is 0 Å². The number of hydrogen-bond donors (Lipinski definition) is 1. The molecule has 0 saturated carbocycles. The molecule has 0 amide bonds. The van der Waals surface area contributed by atoms with E-state index in [1.807, 2.05) is 32.1 Å². The van der Waals surface area contributed by atoms with E-state index >= 15 is 0 Å². The van der Waals surface area contributed by atoms with Crippen molar-refractivity contribution in [3.63, 3.8) is 0 Å². The van der Waals surface area contributed by atoms with E-state index in [2.05, 4.69) is 24.4 Å². The molecule has 0 fully saturated rings. The topological polar surface area (TPSA) is 12.0 Å². The van der Waals surface area contributed by atoms with Crippen LogP contribution >= 0.6 is 12.2 Å². The van der Waals surface area contributed by atoms with Crippen molar-refractivity contribution < 1.29 is 0 Å². The Hall–Kier alpha value is -0.890. The molecule has 0 spiro atoms. The van der Waals surface area contributed by atoms with E-state index in [-0.39, 0.29) is 0 Å². The van der Waals surface area contributed by atoms with E-state index in [0.29, 0.717) is 0 Å². The summed E-state index contributed by atoms with van der Waals surface area (Å²) >= 11 is 5.09. The number of thiocarbonyl (C=S) groups is 1. The summed E-state index contributed by atoms with van der Waals surface area (Å²) in [6.07, 6.45) is 11.2. The van der Waals surface area contributed by atoms with E-state index in [1.54, 1.807) is 0 Å². The zero-order chi connectivity index (χ0) is 10.8. The van der Waals surface area contributed by atoms with E-state index in [1.165, 1.54) is 5.57 Å². The van der Waals surface area contributed by atoms with Crippen LogP contribution < -0.4 is 5.32 Å². The van der Waals surface area contributed by atoms with Crippen molar-refractivity contribution in [3.8, 4) is 0 Å². The van der Waals surface area contributed by atoms with Gasteiger partial charge in [-0.2, -0.15) is 0 Å². The fourth-order valence-electron chi connectivity index (χ4n) is 0.933. The van der Waals surface area contributed by atoms with E-state index in [9.17, 15) is 0 Å². The van der Waals surface area contributed by atoms with Gasteiger partial charge < -0.3 is 5.32 Å². The molecule has 0 aromatic rings. The maximum atomic E-state index is 5.09. The summed E-state index contributed by atoms with van der Waals surface area (Å²) in [5, 5.41) is 3.20. The maximum Gasteiger partial charge on any atom is 0.0753 e. The smallest absolute Gasteiger partial charge is 0.0753 e. The van der Waals surface area contributed by atoms with Crippen molar-refractivity contribution in [2.24, 2.45) is 0 Å². The molecule has 0 aliphatic rings. The first-order chi connectivity index (χ1) is 6.74. The Kier molecular flexibility index (Phi) is 8.14. The van der Waals surface area contributed by atoms with Crippen LogP contribution in [-0.4, -0.2) is 11.5 Å². The summed E-state index contributed by atoms with van der Waals surface area (Å²) in [4.78, 5) is 0.917. The Balaban J connectivity index is 4.17. The van der Waals surface area contributed by atoms with Gasteiger partial charge in [0.05, 0.1) is 4.99 Å². The first-order valence-corrected chi connectivity index (χ1v) is 5.36. The summed E-state index contributed by atoms with van der Waals surface area (Å²) < 4.78 is 0. The zero-order valence-electron chi connectivity index (χ0n) is 9.21. The lowest BCUT2D eigenvalue weighted by atomic mass is 10.2. The minimum Gasteiger partial charge on any atom is -0.376 e. The molecule has 0 heterocycles. The second kappa shape index (κ2) is 8.70. The van der Waals surface area contributed by atoms with Crippen molar-refractivity contribution in [1.29, 1.82) is 0 Å². The van der Waals surface area contributed by atoms with Gasteiger partial charge in [0, 0.05) is 6.54 Å². The van der Waals surface area contributed by atoms with Gasteiger partial charge in [0.1, 0.15) is 0 Å². The van der Waals surface area contributed by atoms with Gasteiger partial charge >= 0.3 is 0 Å². The fourth-order valence-corrected chi connectivity index (χ4v) is 1.01. The third-order valence-corrected chi connectivity index (χ3v) is 2.13. The lowest BCUT2D eigenvalue weighted by Crippen LogP contribution is -2.22. The van der Waals surface area contributed by atoms with Gasteiger partial charge in [-0.05, 0) is 25.8 Å². The second-order valence-corrected chi connectivity index (χ2v) is 3.39. The Labute approximate surface area is 92.6 Å². The molecule has 0 unspecified atom stereocenters. The highest BCUT2D eigenvalue weighted by molar-refractivity contribution is 7.80. The molecule has 0 radical (unpaired) electrons. The molecular weight excluding hydrogens is 190 g/mol. The molecule has 1 N–H and O–H groups in total. The average Bonchev–Trinajstić information content (AvgIpc) is 2.21. The van der Waals surface area contributed by atoms with Gasteiger partial charge in [-0.15, -0.1) is 0 Å². The highest BCUT2D eigenvalue weighted by Gasteiger charge is 1.93. The number of allylic oxidation sites excluding steroid dienone is 4. The van der Waals surface area contributed by atoms with E-state index in [4.69, 9.17) is 12.2 Å². The van der Waals surface area contributed by atoms with Gasteiger partial charge in [-0.1, -0.05) is 49.5 Å². The van der Waals surface area contributed by atoms with Gasteiger partial charge in [-0.25, -0.2) is 0 Å². The van der Waals surface area contributed by atoms with Crippen LogP contribution in [-0.2, 0) is 0 Å². The lowest BCUT2D eigenvalue weighted by Gasteiger charge is -2.05. The summed E-state index contributed by atoms with van der Waals surface area (Å²) in [5.74, 6) is 0. The Morgan fingerprint density at radius 3 is 2.50 bits per heavy atom. The molecule has 0 saturated heterocycles. The molecule has 0 rings (SSSR count). The number of rotatable bonds is 5. The van der Waals surface area contributed by atoms with Crippen LogP contribution in [0.5, 0.6) is 0 Å². The molecule has 14 heavy (non-hydrogen) atoms. The first kappa shape index (κ1) is 13.1. The third-order valence-electron chi connectivity index (χ3n) is 1.69. The molecule has 0 aromatic carbocycles. The molecule has 0 bridgehead atoms. The maximum absolute atomic E-state index is 5.09. The lowest BCUT2D eigenvalue weighted by molar-refractivity contribution is 0.991. The highest BCUT2D eigenvalue weighted by Crippen LogP contribution is 1.97. The molecule has 0 aromatic heterocycles. The summed E-state index contributed by atoms with van der Waals surface area (Å²) in [5.41, 5.74) is 1.24. The van der Waals surface area contributed by atoms with Crippen molar-refractivity contribution in [2.75, 3.05) is 6.54 Å². The number of hydrogen-bond acceptors (Lipinski definition) is 1. The minimum atomic E-state index is 0.807. The molecule has 0 atom stereocenters. The third kappa shape index (κ3) is 6.61. The summed E-state index contributed by atoms with van der Waals surface area (Å²) in [6.45, 7) is 6.89. The van der Waals surface area contributed by atoms with Crippen LogP contribution in [0.1, 0.15) is 27.2 Å². The van der Waals surface area contributed by atoms with Crippen molar-refractivity contribution in [1.82, 2.24) is 5.32 Å². The summed E-state index contributed by atoms with van der Waals surface area (Å²) in [6, 6.07) is 0. The monoisotopic (exact) mass is 209 g/mol. The standard InChI is InChI=1S/C12H19NS/c1-4-7-9-11(8-5-2)10-13-12(14)6-3/h4-5,7-9H,6,10H2,1-3H3,(H,13,14)/b7-4-,8-5-,11-9+. The molecule has 2 heteroatoms. The number of nitrogens with one attached hydrogen (secondary N) is 1. The zero-order valence-corrected chi connectivity index (χ0v) is 10.0. The fraction of sp³-hybridized carbons (Fsp3) is 0.417. The summed E-state index contributed by atoms with van der Waals surface area (Å²) in [7, 11) is 0. The molecule has 78 valence electrons. The minimum absolute atomic E-state index is 0.807. The Morgan fingerprint density at radius 1 is 1.29 bits per heavy atom. The van der Waals surface area contributed by atoms with Crippen LogP contribution in [0.2, 0.25) is 0 Å². The van der Waals surface area contributed by atoms with E-state index < -0.39 is 0 Å². The predicted octanol–water partition coefficient (Wildman–Crippen LogP) is 3.39. The largest absolute Gasteiger partial charge is 0.376 e. The van der Waals surface area contributed by atoms with Crippen molar-refractivity contribution in [3.05, 3.63) is 36.0 Å². The Morgan fingerprint density at radius 2 is 2.00 bits per heavy atom. The van der Waals surface area contributed by atoms with Gasteiger partial charge in [0.2, 0.25) is 0 Å². The van der Waals surface area contributed by atoms with Crippen LogP contribution in [0.4, 0.5) is 0 Å². The van der Waals surface area contributed by atoms with Gasteiger partial charge in [-0.3, -0.25) is 0 Å². The van der Waals surface area contributed by atoms with Gasteiger partial charge in [0.15, 0.2) is 0 Å². The van der Waals surface area contributed by atoms with Crippen LogP contribution in [0.25, 0.3) is 0 Å². The van der Waals surface area contributed by atoms with Crippen LogP contribution in [0.3, 0.4) is 0 Å². The molecule has 0 aliphatic carbocycles. The highest BCUT2D eigenvalue weighted by atomic mass is 32.1. The first-order valence-electron chi connectivity index (χ1n) is 4.95. The normalized spacial score (nSPS) is 12.6.